The van der Waals surface area contributed by atoms with Gasteiger partial charge in [0.1, 0.15) is 6.10 Å². The molecule has 2 aromatic rings. The smallest absolute Gasteiger partial charge is 0.106 e. The zero-order chi connectivity index (χ0) is 13.0. The number of rotatable bonds is 2. The molecule has 0 radical (unpaired) electrons. The van der Waals surface area contributed by atoms with Crippen LogP contribution in [0.5, 0.6) is 0 Å². The summed E-state index contributed by atoms with van der Waals surface area (Å²) in [5.74, 6) is 0. The predicted molar refractivity (Wildman–Crippen MR) is 74.0 cm³/mol. The van der Waals surface area contributed by atoms with Gasteiger partial charge in [0.25, 0.3) is 0 Å². The standard InChI is InChI=1S/C17H16O2/c1-10(18)11-2-4-15-13(6-11)8-14-7-12(17-9-19-17)3-5-16(14)15/h2-7,10,17-18H,8-9H2,1H3. The van der Waals surface area contributed by atoms with E-state index < -0.39 is 6.10 Å². The van der Waals surface area contributed by atoms with Crippen molar-refractivity contribution in [2.45, 2.75) is 25.6 Å². The molecule has 1 aliphatic carbocycles. The maximum atomic E-state index is 9.68. The van der Waals surface area contributed by atoms with Gasteiger partial charge in [0.05, 0.1) is 12.7 Å². The van der Waals surface area contributed by atoms with Crippen LogP contribution in [0.3, 0.4) is 0 Å². The molecule has 1 heterocycles. The fraction of sp³-hybridized carbons (Fsp3) is 0.294. The summed E-state index contributed by atoms with van der Waals surface area (Å²) in [5.41, 5.74) is 7.63. The van der Waals surface area contributed by atoms with E-state index in [0.29, 0.717) is 6.10 Å². The van der Waals surface area contributed by atoms with Gasteiger partial charge in [0, 0.05) is 0 Å². The van der Waals surface area contributed by atoms with E-state index in [-0.39, 0.29) is 0 Å². The first kappa shape index (κ1) is 11.2. The molecule has 2 aromatic carbocycles. The number of ether oxygens (including phenoxy) is 1. The molecule has 2 heteroatoms. The lowest BCUT2D eigenvalue weighted by Crippen LogP contribution is -1.92. The summed E-state index contributed by atoms with van der Waals surface area (Å²) in [4.78, 5) is 0. The number of hydrogen-bond donors (Lipinski definition) is 1. The van der Waals surface area contributed by atoms with Gasteiger partial charge < -0.3 is 9.84 Å². The highest BCUT2D eigenvalue weighted by atomic mass is 16.6. The van der Waals surface area contributed by atoms with Gasteiger partial charge in [-0.05, 0) is 46.7 Å². The minimum absolute atomic E-state index is 0.321. The van der Waals surface area contributed by atoms with Crippen molar-refractivity contribution in [2.24, 2.45) is 0 Å². The Hall–Kier alpha value is -1.64. The van der Waals surface area contributed by atoms with Crippen LogP contribution in [0.25, 0.3) is 11.1 Å². The van der Waals surface area contributed by atoms with Crippen molar-refractivity contribution >= 4 is 0 Å². The highest BCUT2D eigenvalue weighted by molar-refractivity contribution is 5.77. The van der Waals surface area contributed by atoms with Crippen LogP contribution >= 0.6 is 0 Å². The molecule has 2 nitrogen and oxygen atoms in total. The molecule has 19 heavy (non-hydrogen) atoms. The van der Waals surface area contributed by atoms with Crippen LogP contribution in [0, 0.1) is 0 Å². The normalized spacial score (nSPS) is 20.8. The molecule has 0 bridgehead atoms. The Morgan fingerprint density at radius 3 is 2.47 bits per heavy atom. The maximum Gasteiger partial charge on any atom is 0.106 e. The molecule has 0 aromatic heterocycles. The van der Waals surface area contributed by atoms with Crippen LogP contribution in [-0.2, 0) is 11.2 Å². The summed E-state index contributed by atoms with van der Waals surface area (Å²) >= 11 is 0. The minimum atomic E-state index is -0.399. The molecular weight excluding hydrogens is 236 g/mol. The van der Waals surface area contributed by atoms with Crippen molar-refractivity contribution in [3.05, 3.63) is 58.7 Å². The van der Waals surface area contributed by atoms with Crippen LogP contribution in [0.1, 0.15) is 41.4 Å². The lowest BCUT2D eigenvalue weighted by Gasteiger charge is -2.07. The molecule has 2 aliphatic rings. The monoisotopic (exact) mass is 252 g/mol. The lowest BCUT2D eigenvalue weighted by molar-refractivity contribution is 0.199. The van der Waals surface area contributed by atoms with Crippen molar-refractivity contribution in [3.8, 4) is 11.1 Å². The zero-order valence-electron chi connectivity index (χ0n) is 10.9. The van der Waals surface area contributed by atoms with Crippen LogP contribution in [0.15, 0.2) is 36.4 Å². The van der Waals surface area contributed by atoms with Crippen LogP contribution in [0.4, 0.5) is 0 Å². The Morgan fingerprint density at radius 2 is 1.79 bits per heavy atom. The Balaban J connectivity index is 1.77. The van der Waals surface area contributed by atoms with Crippen molar-refractivity contribution < 1.29 is 9.84 Å². The van der Waals surface area contributed by atoms with E-state index >= 15 is 0 Å². The zero-order valence-corrected chi connectivity index (χ0v) is 10.9. The van der Waals surface area contributed by atoms with Crippen molar-refractivity contribution in [2.75, 3.05) is 6.61 Å². The molecule has 0 saturated carbocycles. The van der Waals surface area contributed by atoms with Gasteiger partial charge in [-0.15, -0.1) is 0 Å². The summed E-state index contributed by atoms with van der Waals surface area (Å²) in [6.07, 6.45) is 0.887. The first-order chi connectivity index (χ1) is 9.22. The second-order valence-electron chi connectivity index (χ2n) is 5.51. The SMILES string of the molecule is CC(O)c1ccc2c(c1)Cc1cc(C3CO3)ccc1-2. The van der Waals surface area contributed by atoms with Gasteiger partial charge in [0.2, 0.25) is 0 Å². The lowest BCUT2D eigenvalue weighted by atomic mass is 10.0. The van der Waals surface area contributed by atoms with Crippen LogP contribution < -0.4 is 0 Å². The average molecular weight is 252 g/mol. The fourth-order valence-electron chi connectivity index (χ4n) is 2.95. The molecule has 4 rings (SSSR count). The van der Waals surface area contributed by atoms with Crippen molar-refractivity contribution in [3.63, 3.8) is 0 Å². The summed E-state index contributed by atoms with van der Waals surface area (Å²) in [5, 5.41) is 9.68. The molecule has 1 N–H and O–H groups in total. The Labute approximate surface area is 112 Å². The maximum absolute atomic E-state index is 9.68. The minimum Gasteiger partial charge on any atom is -0.389 e. The van der Waals surface area contributed by atoms with E-state index in [4.69, 9.17) is 4.74 Å². The number of epoxide rings is 1. The molecule has 0 amide bonds. The van der Waals surface area contributed by atoms with E-state index in [0.717, 1.165) is 18.6 Å². The molecule has 1 saturated heterocycles. The number of hydrogen-bond acceptors (Lipinski definition) is 2. The van der Waals surface area contributed by atoms with Crippen LogP contribution in [-0.4, -0.2) is 11.7 Å². The van der Waals surface area contributed by atoms with E-state index in [1.165, 1.54) is 27.8 Å². The Kier molecular flexibility index (Phi) is 2.32. The van der Waals surface area contributed by atoms with E-state index in [1.54, 1.807) is 0 Å². The van der Waals surface area contributed by atoms with Gasteiger partial charge in [-0.3, -0.25) is 0 Å². The largest absolute Gasteiger partial charge is 0.389 e. The van der Waals surface area contributed by atoms with Crippen molar-refractivity contribution in [1.82, 2.24) is 0 Å². The third-order valence-corrected chi connectivity index (χ3v) is 4.12. The van der Waals surface area contributed by atoms with Gasteiger partial charge >= 0.3 is 0 Å². The quantitative estimate of drug-likeness (QED) is 0.709. The third-order valence-electron chi connectivity index (χ3n) is 4.12. The molecule has 1 fully saturated rings. The van der Waals surface area contributed by atoms with Crippen LogP contribution in [0.2, 0.25) is 0 Å². The van der Waals surface area contributed by atoms with Gasteiger partial charge in [-0.1, -0.05) is 36.4 Å². The fourth-order valence-corrected chi connectivity index (χ4v) is 2.95. The summed E-state index contributed by atoms with van der Waals surface area (Å²) < 4.78 is 5.35. The van der Waals surface area contributed by atoms with Gasteiger partial charge in [-0.25, -0.2) is 0 Å². The summed E-state index contributed by atoms with van der Waals surface area (Å²) in [6.45, 7) is 2.67. The average Bonchev–Trinajstić information content (AvgIpc) is 3.18. The van der Waals surface area contributed by atoms with E-state index in [9.17, 15) is 5.11 Å². The molecule has 1 aliphatic heterocycles. The Morgan fingerprint density at radius 1 is 1.11 bits per heavy atom. The summed E-state index contributed by atoms with van der Waals surface area (Å²) in [7, 11) is 0. The predicted octanol–water partition coefficient (Wildman–Crippen LogP) is 3.38. The highest BCUT2D eigenvalue weighted by Gasteiger charge is 2.27. The number of fused-ring (bicyclic) bond motifs is 3. The van der Waals surface area contributed by atoms with Crippen molar-refractivity contribution in [1.29, 1.82) is 0 Å². The third kappa shape index (κ3) is 1.79. The molecular formula is C17H16O2. The van der Waals surface area contributed by atoms with Gasteiger partial charge in [0.15, 0.2) is 0 Å². The second-order valence-corrected chi connectivity index (χ2v) is 5.51. The summed E-state index contributed by atoms with van der Waals surface area (Å²) in [6, 6.07) is 12.9. The topological polar surface area (TPSA) is 32.8 Å². The molecule has 0 spiro atoms. The number of aliphatic hydroxyl groups excluding tert-OH is 1. The molecule has 2 atom stereocenters. The second kappa shape index (κ2) is 3.92. The number of aliphatic hydroxyl groups is 1. The van der Waals surface area contributed by atoms with E-state index in [1.807, 2.05) is 13.0 Å². The molecule has 96 valence electrons. The number of benzene rings is 2. The van der Waals surface area contributed by atoms with Gasteiger partial charge in [-0.2, -0.15) is 0 Å². The molecule has 2 unspecified atom stereocenters. The Bertz CT molecular complexity index is 605. The van der Waals surface area contributed by atoms with E-state index in [2.05, 4.69) is 30.3 Å². The first-order valence-electron chi connectivity index (χ1n) is 6.78. The first-order valence-corrected chi connectivity index (χ1v) is 6.78. The highest BCUT2D eigenvalue weighted by Crippen LogP contribution is 2.40.